The van der Waals surface area contributed by atoms with E-state index in [1.54, 1.807) is 30.3 Å². The van der Waals surface area contributed by atoms with Gasteiger partial charge < -0.3 is 20.5 Å². The number of hydrogen-bond acceptors (Lipinski definition) is 3. The standard InChI is InChI=1S/C18H17FN2O4/c19-12-4-1-3-11(9-12)10-20-17(22)14-6-2-5-13-15(21-18(23)24)7-8-25-16(13)14/h1-6,9,15,21H,7-8,10H2,(H,20,22)(H,23,24)/t15-/m0/s1. The molecule has 0 fully saturated rings. The number of rotatable bonds is 4. The van der Waals surface area contributed by atoms with E-state index < -0.39 is 12.1 Å². The molecular formula is C18H17FN2O4. The van der Waals surface area contributed by atoms with Crippen LogP contribution in [0.15, 0.2) is 42.5 Å². The molecule has 1 aliphatic rings. The van der Waals surface area contributed by atoms with E-state index in [0.717, 1.165) is 0 Å². The van der Waals surface area contributed by atoms with Gasteiger partial charge in [0.05, 0.1) is 18.2 Å². The van der Waals surface area contributed by atoms with Crippen molar-refractivity contribution in [2.24, 2.45) is 0 Å². The van der Waals surface area contributed by atoms with Gasteiger partial charge in [0.25, 0.3) is 5.91 Å². The Morgan fingerprint density at radius 1 is 1.24 bits per heavy atom. The number of para-hydroxylation sites is 1. The van der Waals surface area contributed by atoms with Crippen molar-refractivity contribution in [2.75, 3.05) is 6.61 Å². The zero-order valence-corrected chi connectivity index (χ0v) is 13.3. The molecule has 2 amide bonds. The van der Waals surface area contributed by atoms with E-state index >= 15 is 0 Å². The highest BCUT2D eigenvalue weighted by molar-refractivity contribution is 5.97. The summed E-state index contributed by atoms with van der Waals surface area (Å²) in [7, 11) is 0. The summed E-state index contributed by atoms with van der Waals surface area (Å²) in [5, 5.41) is 14.1. The number of benzene rings is 2. The minimum absolute atomic E-state index is 0.178. The summed E-state index contributed by atoms with van der Waals surface area (Å²) in [5.74, 6) is -0.351. The van der Waals surface area contributed by atoms with Crippen molar-refractivity contribution in [2.45, 2.75) is 19.0 Å². The number of carboxylic acid groups (broad SMARTS) is 1. The number of carbonyl (C=O) groups is 2. The molecule has 0 aromatic heterocycles. The van der Waals surface area contributed by atoms with E-state index in [1.165, 1.54) is 12.1 Å². The quantitative estimate of drug-likeness (QED) is 0.796. The summed E-state index contributed by atoms with van der Waals surface area (Å²) in [4.78, 5) is 23.4. The first kappa shape index (κ1) is 16.8. The summed E-state index contributed by atoms with van der Waals surface area (Å²) in [6.45, 7) is 0.489. The molecule has 1 heterocycles. The summed E-state index contributed by atoms with van der Waals surface area (Å²) in [5.41, 5.74) is 1.60. The number of carbonyl (C=O) groups excluding carboxylic acids is 1. The molecule has 0 unspecified atom stereocenters. The van der Waals surface area contributed by atoms with Gasteiger partial charge in [0, 0.05) is 18.5 Å². The van der Waals surface area contributed by atoms with Crippen LogP contribution in [0.5, 0.6) is 5.75 Å². The topological polar surface area (TPSA) is 87.7 Å². The second-order valence-electron chi connectivity index (χ2n) is 5.68. The van der Waals surface area contributed by atoms with Gasteiger partial charge in [-0.2, -0.15) is 0 Å². The SMILES string of the molecule is O=C(O)N[C@H]1CCOc2c(C(=O)NCc3cccc(F)c3)cccc21. The fourth-order valence-electron chi connectivity index (χ4n) is 2.83. The van der Waals surface area contributed by atoms with Crippen LogP contribution in [0.2, 0.25) is 0 Å². The van der Waals surface area contributed by atoms with Gasteiger partial charge in [-0.3, -0.25) is 4.79 Å². The predicted octanol–water partition coefficient (Wildman–Crippen LogP) is 2.85. The number of fused-ring (bicyclic) bond motifs is 1. The second-order valence-corrected chi connectivity index (χ2v) is 5.68. The van der Waals surface area contributed by atoms with Gasteiger partial charge >= 0.3 is 6.09 Å². The molecule has 25 heavy (non-hydrogen) atoms. The maximum Gasteiger partial charge on any atom is 0.405 e. The summed E-state index contributed by atoms with van der Waals surface area (Å²) in [6, 6.07) is 10.6. The lowest BCUT2D eigenvalue weighted by Crippen LogP contribution is -2.32. The Balaban J connectivity index is 1.78. The van der Waals surface area contributed by atoms with Gasteiger partial charge in [-0.1, -0.05) is 24.3 Å². The second kappa shape index (κ2) is 7.21. The first-order chi connectivity index (χ1) is 12.0. The lowest BCUT2D eigenvalue weighted by molar-refractivity contribution is 0.0945. The van der Waals surface area contributed by atoms with Crippen LogP contribution >= 0.6 is 0 Å². The minimum Gasteiger partial charge on any atom is -0.492 e. The molecular weight excluding hydrogens is 327 g/mol. The van der Waals surface area contributed by atoms with Gasteiger partial charge in [-0.05, 0) is 23.8 Å². The molecule has 0 saturated heterocycles. The van der Waals surface area contributed by atoms with Crippen LogP contribution in [0.3, 0.4) is 0 Å². The molecule has 2 aromatic rings. The third-order valence-corrected chi connectivity index (χ3v) is 3.96. The number of hydrogen-bond donors (Lipinski definition) is 3. The molecule has 3 rings (SSSR count). The number of ether oxygens (including phenoxy) is 1. The smallest absolute Gasteiger partial charge is 0.405 e. The Morgan fingerprint density at radius 2 is 2.04 bits per heavy atom. The molecule has 0 spiro atoms. The van der Waals surface area contributed by atoms with Crippen molar-refractivity contribution in [1.29, 1.82) is 0 Å². The molecule has 0 radical (unpaired) electrons. The molecule has 2 aromatic carbocycles. The minimum atomic E-state index is -1.13. The van der Waals surface area contributed by atoms with Gasteiger partial charge in [0.1, 0.15) is 11.6 Å². The zero-order chi connectivity index (χ0) is 17.8. The van der Waals surface area contributed by atoms with Gasteiger partial charge in [-0.25, -0.2) is 9.18 Å². The molecule has 0 saturated carbocycles. The van der Waals surface area contributed by atoms with Crippen molar-refractivity contribution in [3.05, 3.63) is 65.0 Å². The molecule has 7 heteroatoms. The molecule has 6 nitrogen and oxygen atoms in total. The predicted molar refractivity (Wildman–Crippen MR) is 88.0 cm³/mol. The van der Waals surface area contributed by atoms with Gasteiger partial charge in [0.15, 0.2) is 0 Å². The Bertz CT molecular complexity index is 809. The van der Waals surface area contributed by atoms with E-state index in [9.17, 15) is 14.0 Å². The van der Waals surface area contributed by atoms with Crippen LogP contribution in [0.1, 0.15) is 33.9 Å². The summed E-state index contributed by atoms with van der Waals surface area (Å²) >= 11 is 0. The molecule has 130 valence electrons. The van der Waals surface area contributed by atoms with E-state index in [2.05, 4.69) is 10.6 Å². The first-order valence-corrected chi connectivity index (χ1v) is 7.82. The molecule has 1 atom stereocenters. The number of halogens is 1. The maximum atomic E-state index is 13.2. The maximum absolute atomic E-state index is 13.2. The van der Waals surface area contributed by atoms with Crippen molar-refractivity contribution in [3.8, 4) is 5.75 Å². The largest absolute Gasteiger partial charge is 0.492 e. The van der Waals surface area contributed by atoms with Crippen LogP contribution in [-0.2, 0) is 6.54 Å². The Hall–Kier alpha value is -3.09. The van der Waals surface area contributed by atoms with E-state index in [4.69, 9.17) is 9.84 Å². The first-order valence-electron chi connectivity index (χ1n) is 7.82. The normalized spacial score (nSPS) is 15.6. The highest BCUT2D eigenvalue weighted by Crippen LogP contribution is 2.35. The van der Waals surface area contributed by atoms with Crippen molar-refractivity contribution >= 4 is 12.0 Å². The third kappa shape index (κ3) is 3.88. The summed E-state index contributed by atoms with van der Waals surface area (Å²) in [6.07, 6.45) is -0.632. The van der Waals surface area contributed by atoms with Crippen LogP contribution in [0.4, 0.5) is 9.18 Å². The van der Waals surface area contributed by atoms with Crippen LogP contribution in [0, 0.1) is 5.82 Å². The lowest BCUT2D eigenvalue weighted by atomic mass is 9.97. The monoisotopic (exact) mass is 344 g/mol. The zero-order valence-electron chi connectivity index (χ0n) is 13.3. The Labute approximate surface area is 143 Å². The third-order valence-electron chi connectivity index (χ3n) is 3.96. The molecule has 1 aliphatic heterocycles. The van der Waals surface area contributed by atoms with Crippen LogP contribution in [0.25, 0.3) is 0 Å². The average Bonchev–Trinajstić information content (AvgIpc) is 2.59. The molecule has 0 aliphatic carbocycles. The Morgan fingerprint density at radius 3 is 2.80 bits per heavy atom. The van der Waals surface area contributed by atoms with Crippen molar-refractivity contribution in [1.82, 2.24) is 10.6 Å². The van der Waals surface area contributed by atoms with Crippen LogP contribution < -0.4 is 15.4 Å². The van der Waals surface area contributed by atoms with Gasteiger partial charge in [-0.15, -0.1) is 0 Å². The fourth-order valence-corrected chi connectivity index (χ4v) is 2.83. The van der Waals surface area contributed by atoms with Crippen LogP contribution in [-0.4, -0.2) is 23.7 Å². The lowest BCUT2D eigenvalue weighted by Gasteiger charge is -2.27. The number of nitrogens with one attached hydrogen (secondary N) is 2. The average molecular weight is 344 g/mol. The fraction of sp³-hybridized carbons (Fsp3) is 0.222. The highest BCUT2D eigenvalue weighted by Gasteiger charge is 2.26. The van der Waals surface area contributed by atoms with Crippen molar-refractivity contribution in [3.63, 3.8) is 0 Å². The molecule has 0 bridgehead atoms. The Kier molecular flexibility index (Phi) is 4.83. The molecule has 3 N–H and O–H groups in total. The van der Waals surface area contributed by atoms with Crippen molar-refractivity contribution < 1.29 is 23.8 Å². The van der Waals surface area contributed by atoms with Gasteiger partial charge in [0.2, 0.25) is 0 Å². The van der Waals surface area contributed by atoms with E-state index in [0.29, 0.717) is 35.5 Å². The van der Waals surface area contributed by atoms with E-state index in [1.807, 2.05) is 0 Å². The highest BCUT2D eigenvalue weighted by atomic mass is 19.1. The number of amides is 2. The summed E-state index contributed by atoms with van der Waals surface area (Å²) < 4.78 is 18.8. The van der Waals surface area contributed by atoms with E-state index in [-0.39, 0.29) is 18.3 Å².